The van der Waals surface area contributed by atoms with E-state index in [2.05, 4.69) is 22.2 Å². The lowest BCUT2D eigenvalue weighted by Crippen LogP contribution is -2.64. The van der Waals surface area contributed by atoms with Crippen LogP contribution in [0.3, 0.4) is 0 Å². The van der Waals surface area contributed by atoms with Gasteiger partial charge in [0.25, 0.3) is 0 Å². The summed E-state index contributed by atoms with van der Waals surface area (Å²) in [6.07, 6.45) is 4.27. The predicted molar refractivity (Wildman–Crippen MR) is 85.7 cm³/mol. The number of fused-ring (bicyclic) bond motifs is 1. The maximum absolute atomic E-state index is 13.5. The molecular formula is C16H19ClFN3. The van der Waals surface area contributed by atoms with Crippen molar-refractivity contribution < 1.29 is 4.39 Å². The molecule has 2 aromatic rings. The summed E-state index contributed by atoms with van der Waals surface area (Å²) in [5.41, 5.74) is 2.49. The van der Waals surface area contributed by atoms with Gasteiger partial charge in [0.2, 0.25) is 0 Å². The maximum atomic E-state index is 13.5. The molecule has 1 aromatic heterocycles. The first-order valence-corrected chi connectivity index (χ1v) is 7.15. The molecule has 1 aliphatic carbocycles. The van der Waals surface area contributed by atoms with Crippen molar-refractivity contribution in [2.75, 3.05) is 25.0 Å². The van der Waals surface area contributed by atoms with Crippen LogP contribution in [0.5, 0.6) is 0 Å². The van der Waals surface area contributed by atoms with Crippen LogP contribution in [-0.4, -0.2) is 31.2 Å². The van der Waals surface area contributed by atoms with Gasteiger partial charge >= 0.3 is 0 Å². The number of hydrogen-bond acceptors (Lipinski definition) is 3. The number of nitrogens with one attached hydrogen (secondary N) is 1. The Bertz CT molecular complexity index is 664. The minimum Gasteiger partial charge on any atom is -0.371 e. The highest BCUT2D eigenvalue weighted by Gasteiger charge is 2.49. The van der Waals surface area contributed by atoms with E-state index in [1.807, 2.05) is 12.3 Å². The van der Waals surface area contributed by atoms with Gasteiger partial charge in [0.05, 0.1) is 5.52 Å². The Morgan fingerprint density at radius 3 is 2.71 bits per heavy atom. The number of anilines is 1. The Labute approximate surface area is 130 Å². The highest BCUT2D eigenvalue weighted by atomic mass is 35.5. The standard InChI is InChI=1S/C16H18FN3.ClH/c1-20(12-7-16(8-12)9-18-10-16)15-4-5-19-14-3-2-11(17)6-13(14)15;/h2-6,12,18H,7-10H2,1H3;1H. The van der Waals surface area contributed by atoms with Crippen LogP contribution < -0.4 is 10.2 Å². The van der Waals surface area contributed by atoms with E-state index in [4.69, 9.17) is 0 Å². The van der Waals surface area contributed by atoms with Crippen LogP contribution in [0.2, 0.25) is 0 Å². The molecule has 1 aliphatic heterocycles. The summed E-state index contributed by atoms with van der Waals surface area (Å²) in [4.78, 5) is 6.62. The van der Waals surface area contributed by atoms with E-state index < -0.39 is 0 Å². The molecule has 3 nitrogen and oxygen atoms in total. The molecule has 5 heteroatoms. The van der Waals surface area contributed by atoms with Gasteiger partial charge in [0.15, 0.2) is 0 Å². The number of pyridine rings is 1. The molecule has 0 radical (unpaired) electrons. The Balaban J connectivity index is 0.00000132. The van der Waals surface area contributed by atoms with Crippen molar-refractivity contribution in [3.63, 3.8) is 0 Å². The number of hydrogen-bond donors (Lipinski definition) is 1. The molecule has 1 saturated heterocycles. The zero-order valence-corrected chi connectivity index (χ0v) is 12.8. The molecular weight excluding hydrogens is 289 g/mol. The minimum absolute atomic E-state index is 0. The van der Waals surface area contributed by atoms with Crippen molar-refractivity contribution in [2.45, 2.75) is 18.9 Å². The number of halogens is 2. The van der Waals surface area contributed by atoms with Gasteiger partial charge in [-0.15, -0.1) is 12.4 Å². The Kier molecular flexibility index (Phi) is 3.54. The first-order valence-electron chi connectivity index (χ1n) is 7.15. The van der Waals surface area contributed by atoms with Gasteiger partial charge in [-0.1, -0.05) is 0 Å². The largest absolute Gasteiger partial charge is 0.371 e. The third kappa shape index (κ3) is 2.27. The highest BCUT2D eigenvalue weighted by molar-refractivity contribution is 5.91. The van der Waals surface area contributed by atoms with E-state index in [1.165, 1.54) is 18.9 Å². The van der Waals surface area contributed by atoms with Gasteiger partial charge in [-0.2, -0.15) is 0 Å². The third-order valence-electron chi connectivity index (χ3n) is 4.95. The highest BCUT2D eigenvalue weighted by Crippen LogP contribution is 2.47. The van der Waals surface area contributed by atoms with Gasteiger partial charge < -0.3 is 10.2 Å². The normalized spacial score (nSPS) is 19.7. The molecule has 1 aromatic carbocycles. The van der Waals surface area contributed by atoms with Gasteiger partial charge in [-0.3, -0.25) is 4.98 Å². The van der Waals surface area contributed by atoms with Gasteiger partial charge in [-0.05, 0) is 42.5 Å². The number of benzene rings is 1. The number of nitrogens with zero attached hydrogens (tertiary/aromatic N) is 2. The Hall–Kier alpha value is -1.39. The van der Waals surface area contributed by atoms with Gasteiger partial charge in [-0.25, -0.2) is 4.39 Å². The number of rotatable bonds is 2. The molecule has 0 amide bonds. The molecule has 0 atom stereocenters. The second kappa shape index (κ2) is 5.11. The molecule has 2 aliphatic rings. The van der Waals surface area contributed by atoms with Crippen molar-refractivity contribution >= 4 is 29.0 Å². The fraction of sp³-hybridized carbons (Fsp3) is 0.438. The van der Waals surface area contributed by atoms with E-state index >= 15 is 0 Å². The molecule has 1 spiro atoms. The Morgan fingerprint density at radius 1 is 1.29 bits per heavy atom. The van der Waals surface area contributed by atoms with Gasteiger partial charge in [0, 0.05) is 43.4 Å². The molecule has 2 fully saturated rings. The van der Waals surface area contributed by atoms with E-state index in [0.29, 0.717) is 11.5 Å². The lowest BCUT2D eigenvalue weighted by atomic mass is 9.61. The van der Waals surface area contributed by atoms with Crippen molar-refractivity contribution in [1.29, 1.82) is 0 Å². The van der Waals surface area contributed by atoms with Crippen molar-refractivity contribution in [3.05, 3.63) is 36.3 Å². The second-order valence-electron chi connectivity index (χ2n) is 6.27. The van der Waals surface area contributed by atoms with Crippen LogP contribution in [0, 0.1) is 11.2 Å². The third-order valence-corrected chi connectivity index (χ3v) is 4.95. The predicted octanol–water partition coefficient (Wildman–Crippen LogP) is 2.98. The maximum Gasteiger partial charge on any atom is 0.124 e. The van der Waals surface area contributed by atoms with E-state index in [1.54, 1.807) is 12.1 Å². The fourth-order valence-corrected chi connectivity index (χ4v) is 3.59. The van der Waals surface area contributed by atoms with Crippen molar-refractivity contribution in [3.8, 4) is 0 Å². The fourth-order valence-electron chi connectivity index (χ4n) is 3.59. The summed E-state index contributed by atoms with van der Waals surface area (Å²) >= 11 is 0. The summed E-state index contributed by atoms with van der Waals surface area (Å²) in [7, 11) is 2.11. The van der Waals surface area contributed by atoms with Crippen LogP contribution in [0.1, 0.15) is 12.8 Å². The average molecular weight is 308 g/mol. The van der Waals surface area contributed by atoms with E-state index in [-0.39, 0.29) is 18.2 Å². The molecule has 0 unspecified atom stereocenters. The zero-order valence-electron chi connectivity index (χ0n) is 12.0. The first kappa shape index (κ1) is 14.5. The molecule has 1 saturated carbocycles. The van der Waals surface area contributed by atoms with Crippen LogP contribution in [0.25, 0.3) is 10.9 Å². The van der Waals surface area contributed by atoms with Crippen molar-refractivity contribution in [2.24, 2.45) is 5.41 Å². The minimum atomic E-state index is -0.201. The Morgan fingerprint density at radius 2 is 2.05 bits per heavy atom. The lowest BCUT2D eigenvalue weighted by Gasteiger charge is -2.57. The average Bonchev–Trinajstić information content (AvgIpc) is 2.34. The quantitative estimate of drug-likeness (QED) is 0.924. The zero-order chi connectivity index (χ0) is 13.7. The van der Waals surface area contributed by atoms with Crippen LogP contribution in [0.4, 0.5) is 10.1 Å². The summed E-state index contributed by atoms with van der Waals surface area (Å²) < 4.78 is 13.5. The first-order chi connectivity index (χ1) is 9.67. The summed E-state index contributed by atoms with van der Waals surface area (Å²) in [6.45, 7) is 2.31. The molecule has 112 valence electrons. The van der Waals surface area contributed by atoms with Crippen LogP contribution >= 0.6 is 12.4 Å². The summed E-state index contributed by atoms with van der Waals surface area (Å²) in [6, 6.07) is 7.36. The lowest BCUT2D eigenvalue weighted by molar-refractivity contribution is 0.0374. The summed E-state index contributed by atoms with van der Waals surface area (Å²) in [5, 5.41) is 4.27. The van der Waals surface area contributed by atoms with Crippen LogP contribution in [0.15, 0.2) is 30.5 Å². The molecule has 2 heterocycles. The van der Waals surface area contributed by atoms with E-state index in [0.717, 1.165) is 29.7 Å². The monoisotopic (exact) mass is 307 g/mol. The smallest absolute Gasteiger partial charge is 0.124 e. The van der Waals surface area contributed by atoms with E-state index in [9.17, 15) is 4.39 Å². The van der Waals surface area contributed by atoms with Crippen LogP contribution in [-0.2, 0) is 0 Å². The summed E-state index contributed by atoms with van der Waals surface area (Å²) in [5.74, 6) is -0.201. The molecule has 0 bridgehead atoms. The molecule has 4 rings (SSSR count). The van der Waals surface area contributed by atoms with Crippen molar-refractivity contribution in [1.82, 2.24) is 10.3 Å². The molecule has 1 N–H and O–H groups in total. The number of aromatic nitrogens is 1. The van der Waals surface area contributed by atoms with Gasteiger partial charge in [0.1, 0.15) is 5.82 Å². The second-order valence-corrected chi connectivity index (χ2v) is 6.27. The SMILES string of the molecule is CN(c1ccnc2ccc(F)cc12)C1CC2(CNC2)C1.Cl. The topological polar surface area (TPSA) is 28.2 Å². The molecule has 21 heavy (non-hydrogen) atoms.